The van der Waals surface area contributed by atoms with Gasteiger partial charge in [0.15, 0.2) is 0 Å². The second kappa shape index (κ2) is 8.95. The van der Waals surface area contributed by atoms with Crippen LogP contribution in [0.2, 0.25) is 0 Å². The van der Waals surface area contributed by atoms with Crippen LogP contribution in [0.4, 0.5) is 17.1 Å². The summed E-state index contributed by atoms with van der Waals surface area (Å²) in [4.78, 5) is 2.30. The second-order valence-electron chi connectivity index (χ2n) is 7.96. The lowest BCUT2D eigenvalue weighted by Crippen LogP contribution is -2.09. The highest BCUT2D eigenvalue weighted by molar-refractivity contribution is 5.85. The highest BCUT2D eigenvalue weighted by Crippen LogP contribution is 2.37. The molecule has 0 radical (unpaired) electrons. The fourth-order valence-electron chi connectivity index (χ4n) is 4.11. The van der Waals surface area contributed by atoms with Crippen molar-refractivity contribution in [3.8, 4) is 22.3 Å². The minimum absolute atomic E-state index is 1.14. The Morgan fingerprint density at radius 2 is 0.781 bits per heavy atom. The third kappa shape index (κ3) is 4.06. The van der Waals surface area contributed by atoms with Crippen LogP contribution in [0, 0.1) is 6.92 Å². The van der Waals surface area contributed by atoms with Crippen molar-refractivity contribution in [1.29, 1.82) is 0 Å². The monoisotopic (exact) mass is 411 g/mol. The molecule has 5 aromatic carbocycles. The molecule has 0 heterocycles. The quantitative estimate of drug-likeness (QED) is 0.279. The van der Waals surface area contributed by atoms with Gasteiger partial charge in [-0.3, -0.25) is 0 Å². The first-order valence-electron chi connectivity index (χ1n) is 11.0. The number of nitrogens with zero attached hydrogens (tertiary/aromatic N) is 1. The van der Waals surface area contributed by atoms with Crippen LogP contribution in [-0.2, 0) is 0 Å². The summed E-state index contributed by atoms with van der Waals surface area (Å²) in [7, 11) is 0. The van der Waals surface area contributed by atoms with E-state index in [1.54, 1.807) is 0 Å². The lowest BCUT2D eigenvalue weighted by Gasteiger charge is -2.26. The van der Waals surface area contributed by atoms with Crippen LogP contribution in [-0.4, -0.2) is 0 Å². The highest BCUT2D eigenvalue weighted by atomic mass is 15.1. The number of hydrogen-bond donors (Lipinski definition) is 0. The summed E-state index contributed by atoms with van der Waals surface area (Å²) < 4.78 is 0. The molecule has 32 heavy (non-hydrogen) atoms. The average Bonchev–Trinajstić information content (AvgIpc) is 2.87. The van der Waals surface area contributed by atoms with E-state index in [1.165, 1.54) is 27.8 Å². The number of aryl methyl sites for hydroxylation is 1. The molecular formula is C31H25N. The Labute approximate surface area is 190 Å². The number of hydrogen-bond acceptors (Lipinski definition) is 1. The number of anilines is 3. The van der Waals surface area contributed by atoms with Crippen LogP contribution in [0.1, 0.15) is 5.56 Å². The van der Waals surface area contributed by atoms with Crippen molar-refractivity contribution in [2.75, 3.05) is 4.90 Å². The Kier molecular flexibility index (Phi) is 5.55. The summed E-state index contributed by atoms with van der Waals surface area (Å²) >= 11 is 0. The first-order chi connectivity index (χ1) is 15.8. The normalized spacial score (nSPS) is 10.7. The van der Waals surface area contributed by atoms with Gasteiger partial charge in [-0.05, 0) is 65.6 Å². The van der Waals surface area contributed by atoms with E-state index in [-0.39, 0.29) is 0 Å². The molecule has 0 aliphatic rings. The zero-order chi connectivity index (χ0) is 21.8. The van der Waals surface area contributed by atoms with Gasteiger partial charge in [0.05, 0.1) is 0 Å². The zero-order valence-corrected chi connectivity index (χ0v) is 18.1. The fourth-order valence-corrected chi connectivity index (χ4v) is 4.11. The molecule has 0 spiro atoms. The molecule has 154 valence electrons. The van der Waals surface area contributed by atoms with E-state index in [0.29, 0.717) is 0 Å². The maximum atomic E-state index is 2.30. The van der Waals surface area contributed by atoms with Crippen LogP contribution < -0.4 is 4.90 Å². The molecule has 0 bridgehead atoms. The van der Waals surface area contributed by atoms with Gasteiger partial charge < -0.3 is 4.90 Å². The number of para-hydroxylation sites is 1. The minimum atomic E-state index is 1.14. The van der Waals surface area contributed by atoms with Gasteiger partial charge in [-0.15, -0.1) is 0 Å². The van der Waals surface area contributed by atoms with Gasteiger partial charge in [0.2, 0.25) is 0 Å². The Bertz CT molecular complexity index is 1290. The van der Waals surface area contributed by atoms with Gasteiger partial charge in [0, 0.05) is 17.1 Å². The van der Waals surface area contributed by atoms with E-state index in [0.717, 1.165) is 17.1 Å². The van der Waals surface area contributed by atoms with Crippen LogP contribution in [0.15, 0.2) is 133 Å². The molecule has 0 unspecified atom stereocenters. The van der Waals surface area contributed by atoms with Crippen LogP contribution >= 0.6 is 0 Å². The summed E-state index contributed by atoms with van der Waals surface area (Å²) in [5, 5.41) is 0. The largest absolute Gasteiger partial charge is 0.311 e. The Balaban J connectivity index is 1.56. The van der Waals surface area contributed by atoms with E-state index in [4.69, 9.17) is 0 Å². The first-order valence-corrected chi connectivity index (χ1v) is 11.0. The van der Waals surface area contributed by atoms with Gasteiger partial charge in [-0.1, -0.05) is 103 Å². The number of rotatable bonds is 5. The van der Waals surface area contributed by atoms with Crippen molar-refractivity contribution in [2.24, 2.45) is 0 Å². The first kappa shape index (κ1) is 19.8. The minimum Gasteiger partial charge on any atom is -0.311 e. The number of benzene rings is 5. The molecule has 5 aromatic rings. The molecule has 0 amide bonds. The van der Waals surface area contributed by atoms with Gasteiger partial charge in [-0.2, -0.15) is 0 Å². The van der Waals surface area contributed by atoms with E-state index < -0.39 is 0 Å². The molecule has 0 atom stereocenters. The maximum absolute atomic E-state index is 2.30. The van der Waals surface area contributed by atoms with E-state index >= 15 is 0 Å². The lowest BCUT2D eigenvalue weighted by molar-refractivity contribution is 1.27. The molecule has 5 rings (SSSR count). The van der Waals surface area contributed by atoms with Gasteiger partial charge in [0.1, 0.15) is 0 Å². The van der Waals surface area contributed by atoms with Crippen molar-refractivity contribution >= 4 is 17.1 Å². The molecule has 0 aliphatic carbocycles. The molecule has 1 heteroatoms. The van der Waals surface area contributed by atoms with Crippen molar-refractivity contribution in [3.63, 3.8) is 0 Å². The topological polar surface area (TPSA) is 3.24 Å². The standard InChI is InChI=1S/C31H25N/c1-24-16-20-28(21-17-24)32(27-12-6-3-7-13-27)29-22-18-26(19-23-29)31-15-9-8-14-30(31)25-10-4-2-5-11-25/h2-23H,1H3. The summed E-state index contributed by atoms with van der Waals surface area (Å²) in [6, 6.07) is 47.3. The van der Waals surface area contributed by atoms with Crippen molar-refractivity contribution in [3.05, 3.63) is 139 Å². The molecule has 0 aromatic heterocycles. The maximum Gasteiger partial charge on any atom is 0.0462 e. The molecule has 0 N–H and O–H groups in total. The van der Waals surface area contributed by atoms with Crippen LogP contribution in [0.5, 0.6) is 0 Å². The molecule has 0 saturated heterocycles. The van der Waals surface area contributed by atoms with Crippen molar-refractivity contribution in [2.45, 2.75) is 6.92 Å². The molecular weight excluding hydrogens is 386 g/mol. The highest BCUT2D eigenvalue weighted by Gasteiger charge is 2.13. The van der Waals surface area contributed by atoms with Gasteiger partial charge >= 0.3 is 0 Å². The molecule has 1 nitrogen and oxygen atoms in total. The Morgan fingerprint density at radius 3 is 1.34 bits per heavy atom. The predicted molar refractivity (Wildman–Crippen MR) is 137 cm³/mol. The molecule has 0 saturated carbocycles. The van der Waals surface area contributed by atoms with Crippen molar-refractivity contribution < 1.29 is 0 Å². The molecule has 0 aliphatic heterocycles. The Morgan fingerprint density at radius 1 is 0.375 bits per heavy atom. The third-order valence-corrected chi connectivity index (χ3v) is 5.75. The zero-order valence-electron chi connectivity index (χ0n) is 18.1. The SMILES string of the molecule is Cc1ccc(N(c2ccccc2)c2ccc(-c3ccccc3-c3ccccc3)cc2)cc1. The van der Waals surface area contributed by atoms with Gasteiger partial charge in [0.25, 0.3) is 0 Å². The molecule has 0 fully saturated rings. The summed E-state index contributed by atoms with van der Waals surface area (Å²) in [5.41, 5.74) is 9.64. The van der Waals surface area contributed by atoms with Gasteiger partial charge in [-0.25, -0.2) is 0 Å². The lowest BCUT2D eigenvalue weighted by atomic mass is 9.94. The fraction of sp³-hybridized carbons (Fsp3) is 0.0323. The van der Waals surface area contributed by atoms with E-state index in [1.807, 2.05) is 0 Å². The summed E-state index contributed by atoms with van der Waals surface area (Å²) in [5.74, 6) is 0. The second-order valence-corrected chi connectivity index (χ2v) is 7.96. The van der Waals surface area contributed by atoms with E-state index in [9.17, 15) is 0 Å². The van der Waals surface area contributed by atoms with E-state index in [2.05, 4.69) is 145 Å². The average molecular weight is 412 g/mol. The Hall–Kier alpha value is -4.10. The summed E-state index contributed by atoms with van der Waals surface area (Å²) in [6.45, 7) is 2.12. The van der Waals surface area contributed by atoms with Crippen LogP contribution in [0.3, 0.4) is 0 Å². The summed E-state index contributed by atoms with van der Waals surface area (Å²) in [6.07, 6.45) is 0. The van der Waals surface area contributed by atoms with Crippen LogP contribution in [0.25, 0.3) is 22.3 Å². The van der Waals surface area contributed by atoms with Crippen molar-refractivity contribution in [1.82, 2.24) is 0 Å². The third-order valence-electron chi connectivity index (χ3n) is 5.75. The smallest absolute Gasteiger partial charge is 0.0462 e. The predicted octanol–water partition coefficient (Wildman–Crippen LogP) is 8.80.